The highest BCUT2D eigenvalue weighted by atomic mass is 35.5. The van der Waals surface area contributed by atoms with E-state index in [9.17, 15) is 9.59 Å². The third-order valence-electron chi connectivity index (χ3n) is 4.54. The van der Waals surface area contributed by atoms with Crippen molar-refractivity contribution in [3.63, 3.8) is 0 Å². The number of carbonyl (C=O) groups excluding carboxylic acids is 2. The van der Waals surface area contributed by atoms with Crippen molar-refractivity contribution in [1.82, 2.24) is 10.2 Å². The molecule has 0 aliphatic carbocycles. The van der Waals surface area contributed by atoms with E-state index in [2.05, 4.69) is 5.32 Å². The van der Waals surface area contributed by atoms with Crippen LogP contribution in [0, 0.1) is 0 Å². The maximum Gasteiger partial charge on any atom is 0.242 e. The average molecular weight is 421 g/mol. The predicted octanol–water partition coefficient (Wildman–Crippen LogP) is 4.87. The Hall–Kier alpha value is -2.04. The molecule has 2 aromatic carbocycles. The van der Waals surface area contributed by atoms with Crippen molar-refractivity contribution in [3.05, 3.63) is 69.7 Å². The quantitative estimate of drug-likeness (QED) is 0.628. The van der Waals surface area contributed by atoms with Crippen LogP contribution in [0.3, 0.4) is 0 Å². The van der Waals surface area contributed by atoms with Gasteiger partial charge in [0.05, 0.1) is 0 Å². The number of halogens is 2. The largest absolute Gasteiger partial charge is 0.354 e. The molecule has 2 aromatic rings. The van der Waals surface area contributed by atoms with Gasteiger partial charge in [-0.25, -0.2) is 0 Å². The molecule has 0 heterocycles. The van der Waals surface area contributed by atoms with Crippen molar-refractivity contribution >= 4 is 35.0 Å². The third kappa shape index (κ3) is 6.54. The minimum Gasteiger partial charge on any atom is -0.354 e. The van der Waals surface area contributed by atoms with Crippen molar-refractivity contribution in [2.24, 2.45) is 0 Å². The summed E-state index contributed by atoms with van der Waals surface area (Å²) in [6, 6.07) is 14.4. The van der Waals surface area contributed by atoms with Gasteiger partial charge in [0.1, 0.15) is 6.04 Å². The lowest BCUT2D eigenvalue weighted by molar-refractivity contribution is -0.140. The molecule has 0 fully saturated rings. The van der Waals surface area contributed by atoms with Gasteiger partial charge in [0, 0.05) is 29.6 Å². The second kappa shape index (κ2) is 11.1. The molecule has 0 aromatic heterocycles. The Labute approximate surface area is 176 Å². The van der Waals surface area contributed by atoms with Gasteiger partial charge in [-0.2, -0.15) is 0 Å². The highest BCUT2D eigenvalue weighted by molar-refractivity contribution is 6.35. The summed E-state index contributed by atoms with van der Waals surface area (Å²) in [4.78, 5) is 27.1. The maximum absolute atomic E-state index is 13.0. The van der Waals surface area contributed by atoms with E-state index in [1.807, 2.05) is 37.3 Å². The molecular formula is C22H26Cl2N2O2. The fourth-order valence-corrected chi connectivity index (χ4v) is 3.32. The van der Waals surface area contributed by atoms with Crippen molar-refractivity contribution in [2.75, 3.05) is 6.54 Å². The monoisotopic (exact) mass is 420 g/mol. The molecule has 0 saturated heterocycles. The van der Waals surface area contributed by atoms with E-state index in [-0.39, 0.29) is 18.4 Å². The van der Waals surface area contributed by atoms with E-state index < -0.39 is 6.04 Å². The van der Waals surface area contributed by atoms with Gasteiger partial charge in [0.25, 0.3) is 0 Å². The van der Waals surface area contributed by atoms with E-state index >= 15 is 0 Å². The molecule has 0 spiro atoms. The Morgan fingerprint density at radius 2 is 1.82 bits per heavy atom. The van der Waals surface area contributed by atoms with Crippen LogP contribution in [0.25, 0.3) is 0 Å². The Balaban J connectivity index is 2.16. The first-order valence-corrected chi connectivity index (χ1v) is 10.2. The number of amides is 2. The lowest BCUT2D eigenvalue weighted by Crippen LogP contribution is -2.47. The molecule has 6 heteroatoms. The standard InChI is InChI=1S/C22H26Cl2N2O2/c1-3-13-25-22(28)16(2)26(15-18-10-11-19(23)14-20(18)24)21(27)12-9-17-7-5-4-6-8-17/h4-8,10-11,14,16H,3,9,12-13,15H2,1-2H3,(H,25,28)/t16-/m1/s1. The molecule has 4 nitrogen and oxygen atoms in total. The van der Waals surface area contributed by atoms with Crippen LogP contribution in [-0.2, 0) is 22.6 Å². The molecule has 0 bridgehead atoms. The zero-order chi connectivity index (χ0) is 20.5. The van der Waals surface area contributed by atoms with Gasteiger partial charge in [-0.15, -0.1) is 0 Å². The van der Waals surface area contributed by atoms with Gasteiger partial charge in [-0.1, -0.05) is 66.5 Å². The summed E-state index contributed by atoms with van der Waals surface area (Å²) in [5, 5.41) is 3.88. The first-order valence-electron chi connectivity index (χ1n) is 9.47. The van der Waals surface area contributed by atoms with Crippen LogP contribution in [0.15, 0.2) is 48.5 Å². The number of nitrogens with zero attached hydrogens (tertiary/aromatic N) is 1. The molecule has 0 aliphatic heterocycles. The summed E-state index contributed by atoms with van der Waals surface area (Å²) in [6.45, 7) is 4.57. The Bertz CT molecular complexity index is 796. The van der Waals surface area contributed by atoms with Crippen LogP contribution >= 0.6 is 23.2 Å². The Morgan fingerprint density at radius 3 is 2.46 bits per heavy atom. The van der Waals surface area contributed by atoms with Crippen molar-refractivity contribution < 1.29 is 9.59 Å². The van der Waals surface area contributed by atoms with Crippen molar-refractivity contribution in [1.29, 1.82) is 0 Å². The van der Waals surface area contributed by atoms with Crippen LogP contribution < -0.4 is 5.32 Å². The topological polar surface area (TPSA) is 49.4 Å². The summed E-state index contributed by atoms with van der Waals surface area (Å²) in [6.07, 6.45) is 1.78. The number of nitrogens with one attached hydrogen (secondary N) is 1. The van der Waals surface area contributed by atoms with Gasteiger partial charge < -0.3 is 10.2 Å². The molecule has 0 radical (unpaired) electrons. The van der Waals surface area contributed by atoms with Gasteiger partial charge in [0.2, 0.25) is 11.8 Å². The molecule has 2 rings (SSSR count). The van der Waals surface area contributed by atoms with Crippen LogP contribution in [0.1, 0.15) is 37.8 Å². The second-order valence-corrected chi connectivity index (χ2v) is 7.55. The number of benzene rings is 2. The number of rotatable bonds is 9. The summed E-state index contributed by atoms with van der Waals surface area (Å²) in [7, 11) is 0. The molecule has 1 N–H and O–H groups in total. The zero-order valence-corrected chi connectivity index (χ0v) is 17.8. The van der Waals surface area contributed by atoms with Gasteiger partial charge >= 0.3 is 0 Å². The molecule has 0 aliphatic rings. The highest BCUT2D eigenvalue weighted by Gasteiger charge is 2.26. The molecule has 0 saturated carbocycles. The average Bonchev–Trinajstić information content (AvgIpc) is 2.70. The molecule has 1 atom stereocenters. The summed E-state index contributed by atoms with van der Waals surface area (Å²) < 4.78 is 0. The second-order valence-electron chi connectivity index (χ2n) is 6.71. The van der Waals surface area contributed by atoms with Crippen LogP contribution in [0.2, 0.25) is 10.0 Å². The predicted molar refractivity (Wildman–Crippen MR) is 115 cm³/mol. The number of hydrogen-bond donors (Lipinski definition) is 1. The van der Waals surface area contributed by atoms with Crippen molar-refractivity contribution in [2.45, 2.75) is 45.7 Å². The Kier molecular flexibility index (Phi) is 8.81. The lowest BCUT2D eigenvalue weighted by atomic mass is 10.1. The lowest BCUT2D eigenvalue weighted by Gasteiger charge is -2.29. The van der Waals surface area contributed by atoms with Gasteiger partial charge in [-0.05, 0) is 43.0 Å². The molecule has 2 amide bonds. The summed E-state index contributed by atoms with van der Waals surface area (Å²) >= 11 is 12.3. The fourth-order valence-electron chi connectivity index (χ4n) is 2.85. The van der Waals surface area contributed by atoms with E-state index in [0.717, 1.165) is 17.5 Å². The first-order chi connectivity index (χ1) is 13.4. The van der Waals surface area contributed by atoms with E-state index in [1.165, 1.54) is 0 Å². The minimum atomic E-state index is -0.596. The fraction of sp³-hybridized carbons (Fsp3) is 0.364. The third-order valence-corrected chi connectivity index (χ3v) is 5.13. The number of hydrogen-bond acceptors (Lipinski definition) is 2. The summed E-state index contributed by atoms with van der Waals surface area (Å²) in [5.74, 6) is -0.256. The highest BCUT2D eigenvalue weighted by Crippen LogP contribution is 2.23. The SMILES string of the molecule is CCCNC(=O)[C@@H](C)N(Cc1ccc(Cl)cc1Cl)C(=O)CCc1ccccc1. The van der Waals surface area contributed by atoms with E-state index in [4.69, 9.17) is 23.2 Å². The van der Waals surface area contributed by atoms with Crippen LogP contribution in [0.5, 0.6) is 0 Å². The molecule has 150 valence electrons. The summed E-state index contributed by atoms with van der Waals surface area (Å²) in [5.41, 5.74) is 1.85. The normalized spacial score (nSPS) is 11.7. The van der Waals surface area contributed by atoms with Gasteiger partial charge in [-0.3, -0.25) is 9.59 Å². The molecular weight excluding hydrogens is 395 g/mol. The Morgan fingerprint density at radius 1 is 1.11 bits per heavy atom. The maximum atomic E-state index is 13.0. The number of aryl methyl sites for hydroxylation is 1. The minimum absolute atomic E-state index is 0.0889. The smallest absolute Gasteiger partial charge is 0.242 e. The first kappa shape index (κ1) is 22.3. The van der Waals surface area contributed by atoms with Gasteiger partial charge in [0.15, 0.2) is 0 Å². The molecule has 28 heavy (non-hydrogen) atoms. The molecule has 0 unspecified atom stereocenters. The number of carbonyl (C=O) groups is 2. The van der Waals surface area contributed by atoms with Crippen molar-refractivity contribution in [3.8, 4) is 0 Å². The zero-order valence-electron chi connectivity index (χ0n) is 16.3. The van der Waals surface area contributed by atoms with E-state index in [0.29, 0.717) is 29.4 Å². The van der Waals surface area contributed by atoms with E-state index in [1.54, 1.807) is 30.0 Å². The van der Waals surface area contributed by atoms with Crippen LogP contribution in [0.4, 0.5) is 0 Å². The van der Waals surface area contributed by atoms with Crippen LogP contribution in [-0.4, -0.2) is 29.3 Å².